The molecule has 0 aromatic heterocycles. The molecule has 0 spiro atoms. The van der Waals surface area contributed by atoms with E-state index < -0.39 is 9.84 Å². The van der Waals surface area contributed by atoms with Crippen LogP contribution in [0.15, 0.2) is 18.2 Å². The molecule has 3 nitrogen and oxygen atoms in total. The maximum absolute atomic E-state index is 13.6. The van der Waals surface area contributed by atoms with Crippen molar-refractivity contribution in [3.05, 3.63) is 34.6 Å². The van der Waals surface area contributed by atoms with Crippen LogP contribution in [-0.4, -0.2) is 33.0 Å². The Morgan fingerprint density at radius 2 is 2.11 bits per heavy atom. The number of benzene rings is 1. The zero-order valence-electron chi connectivity index (χ0n) is 11.1. The van der Waals surface area contributed by atoms with Gasteiger partial charge in [-0.2, -0.15) is 0 Å². The van der Waals surface area contributed by atoms with Gasteiger partial charge in [0.1, 0.15) is 15.7 Å². The molecule has 19 heavy (non-hydrogen) atoms. The minimum absolute atomic E-state index is 0.0149. The van der Waals surface area contributed by atoms with Gasteiger partial charge in [0.2, 0.25) is 0 Å². The second kappa shape index (κ2) is 7.22. The highest BCUT2D eigenvalue weighted by molar-refractivity contribution is 7.90. The zero-order chi connectivity index (χ0) is 14.5. The molecule has 1 unspecified atom stereocenters. The monoisotopic (exact) mass is 307 g/mol. The first-order valence-corrected chi connectivity index (χ1v) is 8.60. The lowest BCUT2D eigenvalue weighted by molar-refractivity contribution is 0.516. The van der Waals surface area contributed by atoms with E-state index in [1.165, 1.54) is 18.4 Å². The van der Waals surface area contributed by atoms with Crippen molar-refractivity contribution in [1.29, 1.82) is 0 Å². The molecule has 6 heteroatoms. The maximum Gasteiger partial charge on any atom is 0.148 e. The van der Waals surface area contributed by atoms with E-state index in [4.69, 9.17) is 11.6 Å². The number of sulfone groups is 1. The average Bonchev–Trinajstić information content (AvgIpc) is 2.29. The van der Waals surface area contributed by atoms with Crippen molar-refractivity contribution in [3.63, 3.8) is 0 Å². The Kier molecular flexibility index (Phi) is 6.23. The van der Waals surface area contributed by atoms with Crippen molar-refractivity contribution in [3.8, 4) is 0 Å². The molecule has 0 aliphatic carbocycles. The Bertz CT molecular complexity index is 519. The molecule has 0 saturated heterocycles. The van der Waals surface area contributed by atoms with Crippen LogP contribution in [-0.2, 0) is 16.3 Å². The van der Waals surface area contributed by atoms with Crippen LogP contribution in [0.4, 0.5) is 4.39 Å². The molecular weight excluding hydrogens is 289 g/mol. The van der Waals surface area contributed by atoms with Crippen LogP contribution in [0.2, 0.25) is 5.02 Å². The standard InChI is InChI=1S/C13H19ClFNO2S/c1-3-6-16-12(9-19(2,17)18)8-10-7-11(14)4-5-13(10)15/h4-5,7,12,16H,3,6,8-9H2,1-2H3. The second-order valence-corrected chi connectivity index (χ2v) is 7.30. The van der Waals surface area contributed by atoms with Crippen molar-refractivity contribution in [2.24, 2.45) is 0 Å². The van der Waals surface area contributed by atoms with Crippen LogP contribution in [0, 0.1) is 5.82 Å². The van der Waals surface area contributed by atoms with E-state index in [0.29, 0.717) is 23.6 Å². The summed E-state index contributed by atoms with van der Waals surface area (Å²) >= 11 is 5.83. The van der Waals surface area contributed by atoms with Gasteiger partial charge in [-0.25, -0.2) is 12.8 Å². The Balaban J connectivity index is 2.83. The van der Waals surface area contributed by atoms with Crippen molar-refractivity contribution in [2.75, 3.05) is 18.6 Å². The molecule has 0 amide bonds. The van der Waals surface area contributed by atoms with E-state index in [1.807, 2.05) is 6.92 Å². The first-order valence-electron chi connectivity index (χ1n) is 6.17. The fraction of sp³-hybridized carbons (Fsp3) is 0.538. The number of hydrogen-bond acceptors (Lipinski definition) is 3. The lowest BCUT2D eigenvalue weighted by atomic mass is 10.1. The Morgan fingerprint density at radius 3 is 2.68 bits per heavy atom. The van der Waals surface area contributed by atoms with Crippen molar-refractivity contribution < 1.29 is 12.8 Å². The van der Waals surface area contributed by atoms with Gasteiger partial charge in [0.15, 0.2) is 0 Å². The molecule has 1 rings (SSSR count). The summed E-state index contributed by atoms with van der Waals surface area (Å²) in [6.45, 7) is 2.69. The first-order chi connectivity index (χ1) is 8.81. The fourth-order valence-electron chi connectivity index (χ4n) is 1.87. The van der Waals surface area contributed by atoms with Gasteiger partial charge in [0, 0.05) is 17.3 Å². The minimum atomic E-state index is -3.11. The van der Waals surface area contributed by atoms with Gasteiger partial charge in [0.05, 0.1) is 5.75 Å². The van der Waals surface area contributed by atoms with E-state index in [9.17, 15) is 12.8 Å². The van der Waals surface area contributed by atoms with Crippen LogP contribution in [0.3, 0.4) is 0 Å². The summed E-state index contributed by atoms with van der Waals surface area (Å²) in [7, 11) is -3.11. The first kappa shape index (κ1) is 16.4. The van der Waals surface area contributed by atoms with Gasteiger partial charge >= 0.3 is 0 Å². The van der Waals surface area contributed by atoms with Crippen LogP contribution < -0.4 is 5.32 Å². The van der Waals surface area contributed by atoms with E-state index in [0.717, 1.165) is 6.42 Å². The fourth-order valence-corrected chi connectivity index (χ4v) is 3.03. The van der Waals surface area contributed by atoms with Gasteiger partial charge in [-0.3, -0.25) is 0 Å². The highest BCUT2D eigenvalue weighted by Crippen LogP contribution is 2.17. The van der Waals surface area contributed by atoms with E-state index >= 15 is 0 Å². The van der Waals surface area contributed by atoms with E-state index in [2.05, 4.69) is 5.32 Å². The normalized spacial score (nSPS) is 13.5. The second-order valence-electron chi connectivity index (χ2n) is 4.68. The number of rotatable bonds is 7. The van der Waals surface area contributed by atoms with Gasteiger partial charge in [-0.15, -0.1) is 0 Å². The van der Waals surface area contributed by atoms with Crippen LogP contribution >= 0.6 is 11.6 Å². The van der Waals surface area contributed by atoms with Crippen molar-refractivity contribution >= 4 is 21.4 Å². The van der Waals surface area contributed by atoms with Crippen LogP contribution in [0.5, 0.6) is 0 Å². The summed E-state index contributed by atoms with van der Waals surface area (Å²) in [5, 5.41) is 3.58. The molecule has 0 fully saturated rings. The molecule has 1 atom stereocenters. The van der Waals surface area contributed by atoms with Crippen molar-refractivity contribution in [1.82, 2.24) is 5.32 Å². The lowest BCUT2D eigenvalue weighted by Gasteiger charge is -2.18. The molecule has 108 valence electrons. The predicted molar refractivity (Wildman–Crippen MR) is 76.9 cm³/mol. The van der Waals surface area contributed by atoms with E-state index in [-0.39, 0.29) is 17.6 Å². The molecule has 1 N–H and O–H groups in total. The summed E-state index contributed by atoms with van der Waals surface area (Å²) in [5.74, 6) is -0.375. The summed E-state index contributed by atoms with van der Waals surface area (Å²) < 4.78 is 36.4. The molecule has 0 aliphatic rings. The van der Waals surface area contributed by atoms with Gasteiger partial charge in [-0.05, 0) is 43.1 Å². The molecule has 0 bridgehead atoms. The summed E-state index contributed by atoms with van der Waals surface area (Å²) in [6, 6.07) is 4.02. The summed E-state index contributed by atoms with van der Waals surface area (Å²) in [4.78, 5) is 0. The van der Waals surface area contributed by atoms with Crippen LogP contribution in [0.1, 0.15) is 18.9 Å². The Labute approximate surface area is 119 Å². The van der Waals surface area contributed by atoms with Gasteiger partial charge < -0.3 is 5.32 Å². The van der Waals surface area contributed by atoms with Crippen molar-refractivity contribution in [2.45, 2.75) is 25.8 Å². The Morgan fingerprint density at radius 1 is 1.42 bits per heavy atom. The summed E-state index contributed by atoms with van der Waals surface area (Å²) in [5.41, 5.74) is 0.435. The molecule has 0 aliphatic heterocycles. The minimum Gasteiger partial charge on any atom is -0.313 e. The molecule has 0 radical (unpaired) electrons. The average molecular weight is 308 g/mol. The third-order valence-electron chi connectivity index (χ3n) is 2.66. The largest absolute Gasteiger partial charge is 0.313 e. The molecule has 1 aromatic carbocycles. The lowest BCUT2D eigenvalue weighted by Crippen LogP contribution is -2.38. The number of halogens is 2. The topological polar surface area (TPSA) is 46.2 Å². The quantitative estimate of drug-likeness (QED) is 0.841. The number of nitrogens with one attached hydrogen (secondary N) is 1. The van der Waals surface area contributed by atoms with Crippen LogP contribution in [0.25, 0.3) is 0 Å². The summed E-state index contributed by atoms with van der Waals surface area (Å²) in [6.07, 6.45) is 2.37. The Hall–Kier alpha value is -0.650. The van der Waals surface area contributed by atoms with Gasteiger partial charge in [0.25, 0.3) is 0 Å². The SMILES string of the molecule is CCCNC(Cc1cc(Cl)ccc1F)CS(C)(=O)=O. The highest BCUT2D eigenvalue weighted by Gasteiger charge is 2.17. The zero-order valence-corrected chi connectivity index (χ0v) is 12.7. The third-order valence-corrected chi connectivity index (χ3v) is 3.90. The maximum atomic E-state index is 13.6. The van der Waals surface area contributed by atoms with E-state index in [1.54, 1.807) is 6.07 Å². The predicted octanol–water partition coefficient (Wildman–Crippen LogP) is 2.43. The highest BCUT2D eigenvalue weighted by atomic mass is 35.5. The van der Waals surface area contributed by atoms with Gasteiger partial charge in [-0.1, -0.05) is 18.5 Å². The molecule has 0 heterocycles. The number of hydrogen-bond donors (Lipinski definition) is 1. The molecule has 0 saturated carbocycles. The molecule has 1 aromatic rings. The third kappa shape index (κ3) is 6.36. The molecular formula is C13H19ClFNO2S. The smallest absolute Gasteiger partial charge is 0.148 e.